The average Bonchev–Trinajstić information content (AvgIpc) is 3.25. The Morgan fingerprint density at radius 3 is 2.48 bits per heavy atom. The van der Waals surface area contributed by atoms with E-state index in [4.69, 9.17) is 13.9 Å². The summed E-state index contributed by atoms with van der Waals surface area (Å²) in [5, 5.41) is 0.407. The number of rotatable bonds is 7. The SMILES string of the molecule is CCOc1cc(C2c3c(oc4ccc(Br)cc4c3=O)C(=O)N2c2cccc(C)c2)ccc1OCc1ccccc1. The van der Waals surface area contributed by atoms with Crippen LogP contribution in [0.1, 0.15) is 45.8 Å². The molecule has 4 aromatic carbocycles. The number of aryl methyl sites for hydroxylation is 1. The molecule has 7 heteroatoms. The summed E-state index contributed by atoms with van der Waals surface area (Å²) in [5.74, 6) is 0.799. The molecule has 0 N–H and O–H groups in total. The number of ether oxygens (including phenoxy) is 2. The van der Waals surface area contributed by atoms with Crippen LogP contribution in [0.2, 0.25) is 0 Å². The summed E-state index contributed by atoms with van der Waals surface area (Å²) in [7, 11) is 0. The van der Waals surface area contributed by atoms with Crippen LogP contribution < -0.4 is 19.8 Å². The number of benzene rings is 4. The summed E-state index contributed by atoms with van der Waals surface area (Å²) in [5.41, 5.74) is 3.84. The van der Waals surface area contributed by atoms with E-state index in [0.717, 1.165) is 15.6 Å². The smallest absolute Gasteiger partial charge is 0.295 e. The normalized spacial score (nSPS) is 14.4. The van der Waals surface area contributed by atoms with Crippen LogP contribution in [0.5, 0.6) is 11.5 Å². The number of fused-ring (bicyclic) bond motifs is 2. The van der Waals surface area contributed by atoms with Crippen molar-refractivity contribution in [2.24, 2.45) is 0 Å². The lowest BCUT2D eigenvalue weighted by Gasteiger charge is -2.26. The highest BCUT2D eigenvalue weighted by molar-refractivity contribution is 9.10. The maximum absolute atomic E-state index is 14.0. The lowest BCUT2D eigenvalue weighted by molar-refractivity contribution is 0.0971. The van der Waals surface area contributed by atoms with Gasteiger partial charge in [0.05, 0.1) is 23.6 Å². The van der Waals surface area contributed by atoms with E-state index in [1.54, 1.807) is 23.1 Å². The molecule has 0 spiro atoms. The van der Waals surface area contributed by atoms with Gasteiger partial charge in [0.2, 0.25) is 5.76 Å². The highest BCUT2D eigenvalue weighted by Crippen LogP contribution is 2.43. The van der Waals surface area contributed by atoms with E-state index < -0.39 is 6.04 Å². The van der Waals surface area contributed by atoms with E-state index in [-0.39, 0.29) is 17.1 Å². The monoisotopic (exact) mass is 595 g/mol. The summed E-state index contributed by atoms with van der Waals surface area (Å²) in [6.07, 6.45) is 0. The minimum atomic E-state index is -0.716. The van der Waals surface area contributed by atoms with Crippen LogP contribution in [0.4, 0.5) is 5.69 Å². The number of nitrogens with zero attached hydrogens (tertiary/aromatic N) is 1. The van der Waals surface area contributed by atoms with Gasteiger partial charge >= 0.3 is 0 Å². The number of anilines is 1. The fourth-order valence-corrected chi connectivity index (χ4v) is 5.48. The van der Waals surface area contributed by atoms with E-state index in [9.17, 15) is 9.59 Å². The van der Waals surface area contributed by atoms with Crippen molar-refractivity contribution in [3.63, 3.8) is 0 Å². The Morgan fingerprint density at radius 2 is 1.70 bits per heavy atom. The summed E-state index contributed by atoms with van der Waals surface area (Å²) < 4.78 is 19.0. The molecule has 1 amide bonds. The molecule has 0 aliphatic carbocycles. The maximum atomic E-state index is 14.0. The average molecular weight is 596 g/mol. The van der Waals surface area contributed by atoms with Crippen LogP contribution in [0.3, 0.4) is 0 Å². The lowest BCUT2D eigenvalue weighted by Crippen LogP contribution is -2.29. The summed E-state index contributed by atoms with van der Waals surface area (Å²) in [6.45, 7) is 4.67. The van der Waals surface area contributed by atoms with Gasteiger partial charge in [0.15, 0.2) is 16.9 Å². The third kappa shape index (κ3) is 4.67. The van der Waals surface area contributed by atoms with Gasteiger partial charge in [-0.1, -0.05) is 64.5 Å². The molecule has 0 radical (unpaired) electrons. The number of halogens is 1. The molecule has 1 aliphatic heterocycles. The zero-order valence-corrected chi connectivity index (χ0v) is 23.6. The Labute approximate surface area is 239 Å². The highest BCUT2D eigenvalue weighted by Gasteiger charge is 2.44. The highest BCUT2D eigenvalue weighted by atomic mass is 79.9. The fraction of sp³-hybridized carbons (Fsp3) is 0.152. The van der Waals surface area contributed by atoms with Gasteiger partial charge in [0.1, 0.15) is 12.2 Å². The molecule has 200 valence electrons. The molecule has 6 nitrogen and oxygen atoms in total. The molecule has 2 heterocycles. The first-order chi connectivity index (χ1) is 19.4. The van der Waals surface area contributed by atoms with E-state index in [2.05, 4.69) is 15.9 Å². The van der Waals surface area contributed by atoms with Crippen LogP contribution in [0.15, 0.2) is 105 Å². The van der Waals surface area contributed by atoms with Crippen molar-refractivity contribution in [3.05, 3.63) is 134 Å². The van der Waals surface area contributed by atoms with Crippen molar-refractivity contribution in [3.8, 4) is 11.5 Å². The quantitative estimate of drug-likeness (QED) is 0.194. The molecule has 40 heavy (non-hydrogen) atoms. The van der Waals surface area contributed by atoms with E-state index in [1.165, 1.54) is 0 Å². The Bertz CT molecular complexity index is 1800. The Balaban J connectivity index is 1.51. The van der Waals surface area contributed by atoms with Gasteiger partial charge in [-0.05, 0) is 73.0 Å². The summed E-state index contributed by atoms with van der Waals surface area (Å²) in [6, 6.07) is 27.6. The molecule has 1 unspecified atom stereocenters. The second-order valence-electron chi connectivity index (χ2n) is 9.64. The number of carbonyl (C=O) groups excluding carboxylic acids is 1. The molecular weight excluding hydrogens is 570 g/mol. The predicted octanol–water partition coefficient (Wildman–Crippen LogP) is 7.59. The number of amides is 1. The Morgan fingerprint density at radius 1 is 0.875 bits per heavy atom. The predicted molar refractivity (Wildman–Crippen MR) is 158 cm³/mol. The topological polar surface area (TPSA) is 69.0 Å². The minimum absolute atomic E-state index is 0.0497. The second-order valence-corrected chi connectivity index (χ2v) is 10.6. The molecule has 1 atom stereocenters. The molecule has 5 aromatic rings. The van der Waals surface area contributed by atoms with Gasteiger partial charge in [-0.15, -0.1) is 0 Å². The van der Waals surface area contributed by atoms with Crippen LogP contribution in [0, 0.1) is 6.92 Å². The molecule has 0 fully saturated rings. The van der Waals surface area contributed by atoms with Gasteiger partial charge < -0.3 is 13.9 Å². The number of hydrogen-bond donors (Lipinski definition) is 0. The summed E-state index contributed by atoms with van der Waals surface area (Å²) in [4.78, 5) is 29.5. The second kappa shape index (κ2) is 10.7. The van der Waals surface area contributed by atoms with Crippen molar-refractivity contribution in [2.75, 3.05) is 11.5 Å². The first-order valence-electron chi connectivity index (χ1n) is 13.0. The number of carbonyl (C=O) groups is 1. The van der Waals surface area contributed by atoms with E-state index >= 15 is 0 Å². The minimum Gasteiger partial charge on any atom is -0.490 e. The van der Waals surface area contributed by atoms with E-state index in [0.29, 0.717) is 52.5 Å². The van der Waals surface area contributed by atoms with Crippen molar-refractivity contribution in [2.45, 2.75) is 26.5 Å². The van der Waals surface area contributed by atoms with Crippen molar-refractivity contribution >= 4 is 38.5 Å². The number of hydrogen-bond acceptors (Lipinski definition) is 5. The molecule has 1 aromatic heterocycles. The van der Waals surface area contributed by atoms with Gasteiger partial charge in [0, 0.05) is 10.2 Å². The zero-order chi connectivity index (χ0) is 27.8. The Hall–Kier alpha value is -4.36. The molecular formula is C33H26BrNO5. The third-order valence-corrected chi connectivity index (χ3v) is 7.43. The Kier molecular flexibility index (Phi) is 6.90. The zero-order valence-electron chi connectivity index (χ0n) is 22.0. The van der Waals surface area contributed by atoms with Gasteiger partial charge in [-0.3, -0.25) is 14.5 Å². The van der Waals surface area contributed by atoms with Crippen molar-refractivity contribution < 1.29 is 18.7 Å². The molecule has 1 aliphatic rings. The molecule has 0 saturated heterocycles. The van der Waals surface area contributed by atoms with Crippen LogP contribution >= 0.6 is 15.9 Å². The molecule has 6 rings (SSSR count). The lowest BCUT2D eigenvalue weighted by atomic mass is 9.97. The van der Waals surface area contributed by atoms with Crippen molar-refractivity contribution in [1.29, 1.82) is 0 Å². The molecule has 0 saturated carbocycles. The third-order valence-electron chi connectivity index (χ3n) is 6.93. The maximum Gasteiger partial charge on any atom is 0.295 e. The van der Waals surface area contributed by atoms with Crippen LogP contribution in [0.25, 0.3) is 11.0 Å². The molecule has 0 bridgehead atoms. The first-order valence-corrected chi connectivity index (χ1v) is 13.8. The van der Waals surface area contributed by atoms with Gasteiger partial charge in [-0.25, -0.2) is 0 Å². The van der Waals surface area contributed by atoms with Gasteiger partial charge in [-0.2, -0.15) is 0 Å². The van der Waals surface area contributed by atoms with Crippen LogP contribution in [-0.2, 0) is 6.61 Å². The largest absolute Gasteiger partial charge is 0.490 e. The van der Waals surface area contributed by atoms with Crippen molar-refractivity contribution in [1.82, 2.24) is 0 Å². The first kappa shape index (κ1) is 25.9. The summed E-state index contributed by atoms with van der Waals surface area (Å²) >= 11 is 3.45. The van der Waals surface area contributed by atoms with Gasteiger partial charge in [0.25, 0.3) is 5.91 Å². The van der Waals surface area contributed by atoms with E-state index in [1.807, 2.05) is 86.6 Å². The van der Waals surface area contributed by atoms with Crippen LogP contribution in [-0.4, -0.2) is 12.5 Å². The standard InChI is InChI=1S/C33H26BrNO5/c1-3-38-28-17-22(12-14-27(28)39-19-21-9-5-4-6-10-21)30-29-31(36)25-18-23(34)13-15-26(25)40-32(29)33(37)35(30)24-11-7-8-20(2)16-24/h4-18,30H,3,19H2,1-2H3. The fourth-order valence-electron chi connectivity index (χ4n) is 5.12.